The summed E-state index contributed by atoms with van der Waals surface area (Å²) in [5, 5.41) is 6.96. The van der Waals surface area contributed by atoms with Crippen LogP contribution in [0.4, 0.5) is 5.95 Å². The lowest BCUT2D eigenvalue weighted by Gasteiger charge is -2.11. The molecule has 0 aliphatic carbocycles. The third-order valence-electron chi connectivity index (χ3n) is 3.73. The first-order valence-electron chi connectivity index (χ1n) is 6.73. The van der Waals surface area contributed by atoms with Crippen molar-refractivity contribution in [2.45, 2.75) is 25.3 Å². The maximum atomic E-state index is 4.61. The quantitative estimate of drug-likeness (QED) is 0.865. The van der Waals surface area contributed by atoms with Gasteiger partial charge in [0, 0.05) is 19.6 Å². The maximum Gasteiger partial charge on any atom is 0.203 e. The van der Waals surface area contributed by atoms with Crippen LogP contribution in [0.15, 0.2) is 24.3 Å². The molecule has 1 aromatic heterocycles. The average Bonchev–Trinajstić information content (AvgIpc) is 3.00. The molecule has 0 amide bonds. The Labute approximate surface area is 107 Å². The fraction of sp³-hybridized carbons (Fsp3) is 0.500. The first kappa shape index (κ1) is 11.5. The number of para-hydroxylation sites is 2. The van der Waals surface area contributed by atoms with Crippen LogP contribution in [0.1, 0.15) is 19.3 Å². The first-order valence-corrected chi connectivity index (χ1v) is 6.73. The van der Waals surface area contributed by atoms with E-state index in [0.29, 0.717) is 6.04 Å². The third kappa shape index (κ3) is 2.20. The number of fused-ring (bicyclic) bond motifs is 1. The summed E-state index contributed by atoms with van der Waals surface area (Å²) >= 11 is 0. The Kier molecular flexibility index (Phi) is 3.19. The molecule has 4 nitrogen and oxygen atoms in total. The molecule has 1 aliphatic heterocycles. The molecule has 96 valence electrons. The summed E-state index contributed by atoms with van der Waals surface area (Å²) in [6.07, 6.45) is 3.80. The lowest BCUT2D eigenvalue weighted by molar-refractivity contribution is 0.573. The van der Waals surface area contributed by atoms with Crippen LogP contribution in [0.25, 0.3) is 11.0 Å². The van der Waals surface area contributed by atoms with Crippen LogP contribution in [0.2, 0.25) is 0 Å². The van der Waals surface area contributed by atoms with E-state index in [2.05, 4.69) is 45.4 Å². The SMILES string of the molecule is Cn1c(NCCC2CCCN2)nc2ccccc21. The van der Waals surface area contributed by atoms with Crippen molar-refractivity contribution in [2.75, 3.05) is 18.4 Å². The second-order valence-corrected chi connectivity index (χ2v) is 4.99. The van der Waals surface area contributed by atoms with E-state index in [1.807, 2.05) is 6.07 Å². The van der Waals surface area contributed by atoms with Crippen LogP contribution >= 0.6 is 0 Å². The molecule has 2 N–H and O–H groups in total. The summed E-state index contributed by atoms with van der Waals surface area (Å²) < 4.78 is 2.12. The van der Waals surface area contributed by atoms with Gasteiger partial charge < -0.3 is 15.2 Å². The van der Waals surface area contributed by atoms with Gasteiger partial charge in [-0.2, -0.15) is 0 Å². The second-order valence-electron chi connectivity index (χ2n) is 4.99. The minimum atomic E-state index is 0.687. The fourth-order valence-electron chi connectivity index (χ4n) is 2.66. The summed E-state index contributed by atoms with van der Waals surface area (Å²) in [7, 11) is 2.06. The van der Waals surface area contributed by atoms with Gasteiger partial charge in [-0.25, -0.2) is 4.98 Å². The highest BCUT2D eigenvalue weighted by molar-refractivity contribution is 5.78. The van der Waals surface area contributed by atoms with E-state index in [0.717, 1.165) is 18.0 Å². The van der Waals surface area contributed by atoms with E-state index >= 15 is 0 Å². The van der Waals surface area contributed by atoms with Gasteiger partial charge in [-0.05, 0) is 37.9 Å². The highest BCUT2D eigenvalue weighted by atomic mass is 15.2. The van der Waals surface area contributed by atoms with Gasteiger partial charge >= 0.3 is 0 Å². The largest absolute Gasteiger partial charge is 0.356 e. The number of imidazole rings is 1. The molecule has 0 spiro atoms. The zero-order chi connectivity index (χ0) is 12.4. The summed E-state index contributed by atoms with van der Waals surface area (Å²) in [4.78, 5) is 4.61. The number of aryl methyl sites for hydroxylation is 1. The van der Waals surface area contributed by atoms with Crippen LogP contribution in [0.5, 0.6) is 0 Å². The number of rotatable bonds is 4. The van der Waals surface area contributed by atoms with E-state index in [4.69, 9.17) is 0 Å². The molecule has 3 rings (SSSR count). The summed E-state index contributed by atoms with van der Waals surface area (Å²) in [6, 6.07) is 8.93. The van der Waals surface area contributed by atoms with Gasteiger partial charge in [-0.15, -0.1) is 0 Å². The molecule has 2 aromatic rings. The van der Waals surface area contributed by atoms with Gasteiger partial charge in [0.05, 0.1) is 11.0 Å². The topological polar surface area (TPSA) is 41.9 Å². The molecule has 18 heavy (non-hydrogen) atoms. The number of hydrogen-bond acceptors (Lipinski definition) is 3. The molecule has 0 saturated carbocycles. The molecule has 1 atom stereocenters. The summed E-state index contributed by atoms with van der Waals surface area (Å²) in [5.74, 6) is 0.967. The van der Waals surface area contributed by atoms with E-state index < -0.39 is 0 Å². The molecular formula is C14H20N4. The Balaban J connectivity index is 1.65. The van der Waals surface area contributed by atoms with Crippen molar-refractivity contribution in [1.82, 2.24) is 14.9 Å². The molecular weight excluding hydrogens is 224 g/mol. The molecule has 0 bridgehead atoms. The maximum absolute atomic E-state index is 4.61. The predicted molar refractivity (Wildman–Crippen MR) is 74.8 cm³/mol. The zero-order valence-electron chi connectivity index (χ0n) is 10.8. The zero-order valence-corrected chi connectivity index (χ0v) is 10.8. The van der Waals surface area contributed by atoms with Crippen molar-refractivity contribution in [3.8, 4) is 0 Å². The fourth-order valence-corrected chi connectivity index (χ4v) is 2.66. The Hall–Kier alpha value is -1.55. The number of benzene rings is 1. The minimum absolute atomic E-state index is 0.687. The normalized spacial score (nSPS) is 19.5. The lowest BCUT2D eigenvalue weighted by Crippen LogP contribution is -2.24. The van der Waals surface area contributed by atoms with Crippen molar-refractivity contribution < 1.29 is 0 Å². The standard InChI is InChI=1S/C14H20N4/c1-18-13-7-3-2-6-12(13)17-14(18)16-10-8-11-5-4-9-15-11/h2-3,6-7,11,15H,4-5,8-10H2,1H3,(H,16,17). The van der Waals surface area contributed by atoms with E-state index in [9.17, 15) is 0 Å². The molecule has 1 aliphatic rings. The Bertz CT molecular complexity index is 526. The van der Waals surface area contributed by atoms with Gasteiger partial charge in [-0.3, -0.25) is 0 Å². The molecule has 0 radical (unpaired) electrons. The molecule has 1 unspecified atom stereocenters. The van der Waals surface area contributed by atoms with E-state index in [1.54, 1.807) is 0 Å². The highest BCUT2D eigenvalue weighted by Gasteiger charge is 2.13. The monoisotopic (exact) mass is 244 g/mol. The second kappa shape index (κ2) is 4.98. The van der Waals surface area contributed by atoms with Crippen molar-refractivity contribution in [3.05, 3.63) is 24.3 Å². The molecule has 4 heteroatoms. The smallest absolute Gasteiger partial charge is 0.203 e. The predicted octanol–water partition coefficient (Wildman–Crippen LogP) is 2.13. The van der Waals surface area contributed by atoms with Gasteiger partial charge in [0.2, 0.25) is 5.95 Å². The number of hydrogen-bond donors (Lipinski definition) is 2. The summed E-state index contributed by atoms with van der Waals surface area (Å²) in [6.45, 7) is 2.16. The van der Waals surface area contributed by atoms with Crippen LogP contribution < -0.4 is 10.6 Å². The minimum Gasteiger partial charge on any atom is -0.356 e. The van der Waals surface area contributed by atoms with Crippen molar-refractivity contribution in [2.24, 2.45) is 7.05 Å². The highest BCUT2D eigenvalue weighted by Crippen LogP contribution is 2.17. The van der Waals surface area contributed by atoms with Crippen LogP contribution in [0.3, 0.4) is 0 Å². The molecule has 1 aromatic carbocycles. The van der Waals surface area contributed by atoms with Gasteiger partial charge in [0.15, 0.2) is 0 Å². The van der Waals surface area contributed by atoms with Crippen molar-refractivity contribution >= 4 is 17.0 Å². The van der Waals surface area contributed by atoms with Crippen molar-refractivity contribution in [3.63, 3.8) is 0 Å². The number of anilines is 1. The Morgan fingerprint density at radius 3 is 3.11 bits per heavy atom. The first-order chi connectivity index (χ1) is 8.84. The average molecular weight is 244 g/mol. The number of nitrogens with zero attached hydrogens (tertiary/aromatic N) is 2. The third-order valence-corrected chi connectivity index (χ3v) is 3.73. The Morgan fingerprint density at radius 2 is 2.33 bits per heavy atom. The molecule has 1 saturated heterocycles. The number of aromatic nitrogens is 2. The van der Waals surface area contributed by atoms with Crippen LogP contribution in [0, 0.1) is 0 Å². The number of nitrogens with one attached hydrogen (secondary N) is 2. The van der Waals surface area contributed by atoms with Crippen LogP contribution in [-0.2, 0) is 7.05 Å². The Morgan fingerprint density at radius 1 is 1.44 bits per heavy atom. The molecule has 1 fully saturated rings. The lowest BCUT2D eigenvalue weighted by atomic mass is 10.1. The van der Waals surface area contributed by atoms with Gasteiger partial charge in [0.25, 0.3) is 0 Å². The van der Waals surface area contributed by atoms with E-state index in [1.165, 1.54) is 31.3 Å². The summed E-state index contributed by atoms with van der Waals surface area (Å²) in [5.41, 5.74) is 2.24. The van der Waals surface area contributed by atoms with Gasteiger partial charge in [-0.1, -0.05) is 12.1 Å². The molecule has 2 heterocycles. The van der Waals surface area contributed by atoms with Gasteiger partial charge in [0.1, 0.15) is 0 Å². The van der Waals surface area contributed by atoms with Crippen molar-refractivity contribution in [1.29, 1.82) is 0 Å². The van der Waals surface area contributed by atoms with E-state index in [-0.39, 0.29) is 0 Å². The van der Waals surface area contributed by atoms with Crippen LogP contribution in [-0.4, -0.2) is 28.7 Å².